The van der Waals surface area contributed by atoms with Gasteiger partial charge >= 0.3 is 5.97 Å². The van der Waals surface area contributed by atoms with Gasteiger partial charge in [0.1, 0.15) is 5.75 Å². The Labute approximate surface area is 110 Å². The molecule has 100 valence electrons. The molecule has 1 aromatic heterocycles. The fourth-order valence-electron chi connectivity index (χ4n) is 1.81. The molecule has 0 atom stereocenters. The van der Waals surface area contributed by atoms with Crippen LogP contribution in [0.5, 0.6) is 5.75 Å². The summed E-state index contributed by atoms with van der Waals surface area (Å²) in [5.74, 6) is -0.402. The largest absolute Gasteiger partial charge is 0.496 e. The highest BCUT2D eigenvalue weighted by Crippen LogP contribution is 2.32. The second-order valence-electron chi connectivity index (χ2n) is 4.39. The molecule has 2 rings (SSSR count). The summed E-state index contributed by atoms with van der Waals surface area (Å²) in [6.07, 6.45) is 0. The molecule has 0 amide bonds. The highest BCUT2D eigenvalue weighted by Gasteiger charge is 2.23. The summed E-state index contributed by atoms with van der Waals surface area (Å²) in [6.45, 7) is 3.74. The minimum atomic E-state index is -1.11. The SMILES string of the molecule is COc1ccccc1-c1nc(C(C)C)c(C(=O)O)o1. The number of oxazole rings is 1. The van der Waals surface area contributed by atoms with E-state index in [2.05, 4.69) is 4.98 Å². The first-order chi connectivity index (χ1) is 9.04. The fourth-order valence-corrected chi connectivity index (χ4v) is 1.81. The Morgan fingerprint density at radius 2 is 2.05 bits per heavy atom. The zero-order chi connectivity index (χ0) is 14.0. The molecular formula is C14H15NO4. The van der Waals surface area contributed by atoms with E-state index in [1.54, 1.807) is 19.2 Å². The quantitative estimate of drug-likeness (QED) is 0.915. The predicted octanol–water partition coefficient (Wildman–Crippen LogP) is 3.17. The summed E-state index contributed by atoms with van der Waals surface area (Å²) >= 11 is 0. The summed E-state index contributed by atoms with van der Waals surface area (Å²) in [4.78, 5) is 15.4. The van der Waals surface area contributed by atoms with Gasteiger partial charge in [0.05, 0.1) is 18.4 Å². The maximum absolute atomic E-state index is 11.2. The van der Waals surface area contributed by atoms with E-state index >= 15 is 0 Å². The monoisotopic (exact) mass is 261 g/mol. The predicted molar refractivity (Wildman–Crippen MR) is 69.5 cm³/mol. The lowest BCUT2D eigenvalue weighted by molar-refractivity contribution is 0.0661. The number of aromatic nitrogens is 1. The van der Waals surface area contributed by atoms with Crippen molar-refractivity contribution in [2.75, 3.05) is 7.11 Å². The molecule has 0 saturated heterocycles. The van der Waals surface area contributed by atoms with Crippen LogP contribution in [-0.2, 0) is 0 Å². The van der Waals surface area contributed by atoms with Gasteiger partial charge in [-0.25, -0.2) is 9.78 Å². The molecule has 0 radical (unpaired) electrons. The first-order valence-electron chi connectivity index (χ1n) is 5.92. The number of methoxy groups -OCH3 is 1. The molecule has 0 bridgehead atoms. The highest BCUT2D eigenvalue weighted by molar-refractivity contribution is 5.86. The van der Waals surface area contributed by atoms with Crippen LogP contribution in [0, 0.1) is 0 Å². The molecule has 0 saturated carbocycles. The van der Waals surface area contributed by atoms with Crippen LogP contribution in [0.1, 0.15) is 36.0 Å². The smallest absolute Gasteiger partial charge is 0.373 e. The van der Waals surface area contributed by atoms with Gasteiger partial charge in [-0.15, -0.1) is 0 Å². The summed E-state index contributed by atoms with van der Waals surface area (Å²) in [5, 5.41) is 9.14. The van der Waals surface area contributed by atoms with Gasteiger partial charge in [0.2, 0.25) is 11.7 Å². The molecule has 0 spiro atoms. The average Bonchev–Trinajstić information content (AvgIpc) is 2.84. The summed E-state index contributed by atoms with van der Waals surface area (Å²) in [6, 6.07) is 7.19. The van der Waals surface area contributed by atoms with Crippen LogP contribution < -0.4 is 4.74 Å². The maximum Gasteiger partial charge on any atom is 0.373 e. The standard InChI is InChI=1S/C14H15NO4/c1-8(2)11-12(14(16)17)19-13(15-11)9-6-4-5-7-10(9)18-3/h4-8H,1-3H3,(H,16,17). The molecule has 1 heterocycles. The third kappa shape index (κ3) is 2.45. The van der Waals surface area contributed by atoms with Gasteiger partial charge in [-0.05, 0) is 18.1 Å². The zero-order valence-electron chi connectivity index (χ0n) is 11.0. The number of aromatic carboxylic acids is 1. The number of ether oxygens (including phenoxy) is 1. The lowest BCUT2D eigenvalue weighted by Gasteiger charge is -2.03. The van der Waals surface area contributed by atoms with E-state index in [1.165, 1.54) is 0 Å². The van der Waals surface area contributed by atoms with E-state index in [0.717, 1.165) is 0 Å². The first-order valence-corrected chi connectivity index (χ1v) is 5.92. The topological polar surface area (TPSA) is 72.6 Å². The number of benzene rings is 1. The van der Waals surface area contributed by atoms with E-state index < -0.39 is 5.97 Å². The number of carboxylic acids is 1. The van der Waals surface area contributed by atoms with Gasteiger partial charge in [0.15, 0.2) is 0 Å². The van der Waals surface area contributed by atoms with Crippen molar-refractivity contribution in [1.82, 2.24) is 4.98 Å². The lowest BCUT2D eigenvalue weighted by atomic mass is 10.1. The van der Waals surface area contributed by atoms with Crippen LogP contribution in [0.3, 0.4) is 0 Å². The van der Waals surface area contributed by atoms with Crippen molar-refractivity contribution in [2.24, 2.45) is 0 Å². The Morgan fingerprint density at radius 3 is 2.58 bits per heavy atom. The molecule has 0 fully saturated rings. The van der Waals surface area contributed by atoms with Gasteiger partial charge in [-0.1, -0.05) is 26.0 Å². The van der Waals surface area contributed by atoms with Crippen LogP contribution >= 0.6 is 0 Å². The van der Waals surface area contributed by atoms with E-state index in [0.29, 0.717) is 17.0 Å². The first kappa shape index (κ1) is 13.1. The van der Waals surface area contributed by atoms with Crippen LogP contribution in [0.4, 0.5) is 0 Å². The van der Waals surface area contributed by atoms with Gasteiger partial charge in [-0.2, -0.15) is 0 Å². The second kappa shape index (κ2) is 5.14. The number of nitrogens with zero attached hydrogens (tertiary/aromatic N) is 1. The van der Waals surface area contributed by atoms with Crippen molar-refractivity contribution < 1.29 is 19.1 Å². The molecule has 5 heteroatoms. The van der Waals surface area contributed by atoms with E-state index in [-0.39, 0.29) is 17.6 Å². The Bertz CT molecular complexity index is 601. The summed E-state index contributed by atoms with van der Waals surface area (Å²) in [7, 11) is 1.54. The molecule has 19 heavy (non-hydrogen) atoms. The van der Waals surface area contributed by atoms with Crippen molar-refractivity contribution in [2.45, 2.75) is 19.8 Å². The molecule has 5 nitrogen and oxygen atoms in total. The van der Waals surface area contributed by atoms with Crippen LogP contribution in [0.25, 0.3) is 11.5 Å². The van der Waals surface area contributed by atoms with Crippen molar-refractivity contribution in [3.05, 3.63) is 35.7 Å². The van der Waals surface area contributed by atoms with Crippen molar-refractivity contribution in [1.29, 1.82) is 0 Å². The molecular weight excluding hydrogens is 246 g/mol. The van der Waals surface area contributed by atoms with Crippen molar-refractivity contribution in [3.8, 4) is 17.2 Å². The van der Waals surface area contributed by atoms with Gasteiger partial charge in [-0.3, -0.25) is 0 Å². The number of rotatable bonds is 4. The second-order valence-corrected chi connectivity index (χ2v) is 4.39. The number of carboxylic acid groups (broad SMARTS) is 1. The zero-order valence-corrected chi connectivity index (χ0v) is 11.0. The van der Waals surface area contributed by atoms with Gasteiger partial charge in [0, 0.05) is 0 Å². The fraction of sp³-hybridized carbons (Fsp3) is 0.286. The third-order valence-electron chi connectivity index (χ3n) is 2.73. The normalized spacial score (nSPS) is 10.7. The average molecular weight is 261 g/mol. The molecule has 2 aromatic rings. The lowest BCUT2D eigenvalue weighted by Crippen LogP contribution is -2.01. The molecule has 0 aliphatic heterocycles. The molecule has 1 N–H and O–H groups in total. The molecule has 0 aliphatic carbocycles. The minimum absolute atomic E-state index is 0.0293. The van der Waals surface area contributed by atoms with Crippen molar-refractivity contribution >= 4 is 5.97 Å². The van der Waals surface area contributed by atoms with E-state index in [1.807, 2.05) is 26.0 Å². The van der Waals surface area contributed by atoms with E-state index in [4.69, 9.17) is 14.3 Å². The Morgan fingerprint density at radius 1 is 1.37 bits per heavy atom. The highest BCUT2D eigenvalue weighted by atomic mass is 16.5. The Hall–Kier alpha value is -2.30. The number of para-hydroxylation sites is 1. The Kier molecular flexibility index (Phi) is 3.55. The summed E-state index contributed by atoms with van der Waals surface area (Å²) in [5.41, 5.74) is 1.08. The van der Waals surface area contributed by atoms with E-state index in [9.17, 15) is 4.79 Å². The van der Waals surface area contributed by atoms with Gasteiger partial charge < -0.3 is 14.3 Å². The number of hydrogen-bond acceptors (Lipinski definition) is 4. The maximum atomic E-state index is 11.2. The minimum Gasteiger partial charge on any atom is -0.496 e. The number of carbonyl (C=O) groups is 1. The Balaban J connectivity index is 2.57. The van der Waals surface area contributed by atoms with Gasteiger partial charge in [0.25, 0.3) is 0 Å². The van der Waals surface area contributed by atoms with Crippen LogP contribution in [0.2, 0.25) is 0 Å². The molecule has 1 aromatic carbocycles. The van der Waals surface area contributed by atoms with Crippen LogP contribution in [-0.4, -0.2) is 23.2 Å². The van der Waals surface area contributed by atoms with Crippen molar-refractivity contribution in [3.63, 3.8) is 0 Å². The van der Waals surface area contributed by atoms with Crippen LogP contribution in [0.15, 0.2) is 28.7 Å². The third-order valence-corrected chi connectivity index (χ3v) is 2.73. The molecule has 0 unspecified atom stereocenters. The molecule has 0 aliphatic rings. The number of hydrogen-bond donors (Lipinski definition) is 1. The summed E-state index contributed by atoms with van der Waals surface area (Å²) < 4.78 is 10.6.